The van der Waals surface area contributed by atoms with Crippen molar-refractivity contribution in [3.63, 3.8) is 0 Å². The smallest absolute Gasteiger partial charge is 0.269 e. The fourth-order valence-corrected chi connectivity index (χ4v) is 5.08. The van der Waals surface area contributed by atoms with Gasteiger partial charge in [-0.05, 0) is 5.56 Å². The van der Waals surface area contributed by atoms with Gasteiger partial charge in [0.2, 0.25) is 0 Å². The van der Waals surface area contributed by atoms with E-state index in [9.17, 15) is 4.79 Å². The van der Waals surface area contributed by atoms with Gasteiger partial charge < -0.3 is 0 Å². The molecule has 0 saturated heterocycles. The first-order valence-corrected chi connectivity index (χ1v) is 11.0. The van der Waals surface area contributed by atoms with Crippen molar-refractivity contribution >= 4 is 33.7 Å². The van der Waals surface area contributed by atoms with E-state index in [4.69, 9.17) is 0 Å². The summed E-state index contributed by atoms with van der Waals surface area (Å²) >= 11 is 3.03. The van der Waals surface area contributed by atoms with E-state index in [1.165, 1.54) is 21.8 Å². The maximum Gasteiger partial charge on any atom is 0.269 e. The predicted octanol–water partition coefficient (Wildman–Crippen LogP) is 4.71. The number of nitrogens with one attached hydrogen (secondary N) is 1. The number of anilines is 1. The summed E-state index contributed by atoms with van der Waals surface area (Å²) in [4.78, 5) is 26.0. The highest BCUT2D eigenvalue weighted by Gasteiger charge is 2.23. The van der Waals surface area contributed by atoms with Gasteiger partial charge in [0.15, 0.2) is 5.13 Å². The third kappa shape index (κ3) is 4.32. The molecular formula is C21H24N4OS2. The molecule has 3 heterocycles. The highest BCUT2D eigenvalue weighted by atomic mass is 32.1. The molecule has 146 valence electrons. The SMILES string of the molecule is CC(C)(C)c1ncc(C(=O)Nc2nc3c(s2)CN(Cc2ccccc2)CC3)s1. The largest absolute Gasteiger partial charge is 0.297 e. The number of rotatable bonds is 4. The summed E-state index contributed by atoms with van der Waals surface area (Å²) in [5, 5.41) is 4.61. The monoisotopic (exact) mass is 412 g/mol. The van der Waals surface area contributed by atoms with Crippen molar-refractivity contribution < 1.29 is 4.79 Å². The van der Waals surface area contributed by atoms with Crippen LogP contribution in [0.2, 0.25) is 0 Å². The molecule has 1 amide bonds. The molecule has 1 aliphatic heterocycles. The third-order valence-corrected chi connectivity index (χ3v) is 7.07. The molecule has 1 aromatic carbocycles. The number of fused-ring (bicyclic) bond motifs is 1. The maximum absolute atomic E-state index is 12.6. The van der Waals surface area contributed by atoms with Gasteiger partial charge in [0, 0.05) is 36.3 Å². The van der Waals surface area contributed by atoms with Crippen LogP contribution in [-0.4, -0.2) is 27.3 Å². The Hall–Kier alpha value is -2.09. The van der Waals surface area contributed by atoms with Crippen LogP contribution in [0.15, 0.2) is 36.5 Å². The molecule has 1 aliphatic rings. The molecule has 0 aliphatic carbocycles. The Balaban J connectivity index is 1.41. The lowest BCUT2D eigenvalue weighted by Crippen LogP contribution is -2.29. The number of hydrogen-bond donors (Lipinski definition) is 1. The fourth-order valence-electron chi connectivity index (χ4n) is 3.16. The fraction of sp³-hybridized carbons (Fsp3) is 0.381. The molecule has 28 heavy (non-hydrogen) atoms. The minimum Gasteiger partial charge on any atom is -0.297 e. The van der Waals surface area contributed by atoms with E-state index in [0.717, 1.165) is 36.8 Å². The second kappa shape index (κ2) is 7.73. The van der Waals surface area contributed by atoms with Crippen LogP contribution in [0.5, 0.6) is 0 Å². The van der Waals surface area contributed by atoms with Gasteiger partial charge in [-0.15, -0.1) is 22.7 Å². The molecule has 0 atom stereocenters. The standard InChI is InChI=1S/C21H24N4OS2/c1-21(2,3)19-22-11-16(27-19)18(26)24-20-23-15-9-10-25(13-17(15)28-20)12-14-7-5-4-6-8-14/h4-8,11H,9-10,12-13H2,1-3H3,(H,23,24,26). The van der Waals surface area contributed by atoms with Crippen LogP contribution in [0.25, 0.3) is 0 Å². The average Bonchev–Trinajstić information content (AvgIpc) is 3.28. The molecule has 2 aromatic heterocycles. The summed E-state index contributed by atoms with van der Waals surface area (Å²) in [5.41, 5.74) is 2.39. The zero-order valence-electron chi connectivity index (χ0n) is 16.4. The third-order valence-electron chi connectivity index (χ3n) is 4.65. The Kier molecular flexibility index (Phi) is 5.31. The lowest BCUT2D eigenvalue weighted by atomic mass is 9.98. The summed E-state index contributed by atoms with van der Waals surface area (Å²) in [5.74, 6) is -0.125. The van der Waals surface area contributed by atoms with Crippen molar-refractivity contribution in [2.45, 2.75) is 45.7 Å². The van der Waals surface area contributed by atoms with Gasteiger partial charge >= 0.3 is 0 Å². The highest BCUT2D eigenvalue weighted by Crippen LogP contribution is 2.31. The van der Waals surface area contributed by atoms with Crippen molar-refractivity contribution in [3.05, 3.63) is 62.5 Å². The Bertz CT molecular complexity index is 972. The molecule has 4 rings (SSSR count). The number of carbonyl (C=O) groups is 1. The van der Waals surface area contributed by atoms with Crippen molar-refractivity contribution in [2.75, 3.05) is 11.9 Å². The number of aromatic nitrogens is 2. The highest BCUT2D eigenvalue weighted by molar-refractivity contribution is 7.16. The van der Waals surface area contributed by atoms with Crippen LogP contribution in [0.4, 0.5) is 5.13 Å². The molecule has 0 saturated carbocycles. The Morgan fingerprint density at radius 3 is 2.71 bits per heavy atom. The van der Waals surface area contributed by atoms with Crippen LogP contribution in [0.1, 0.15) is 51.6 Å². The first kappa shape index (κ1) is 19.2. The minimum absolute atomic E-state index is 0.0499. The van der Waals surface area contributed by atoms with E-state index < -0.39 is 0 Å². The lowest BCUT2D eigenvalue weighted by molar-refractivity contribution is 0.103. The van der Waals surface area contributed by atoms with Crippen molar-refractivity contribution in [1.29, 1.82) is 0 Å². The van der Waals surface area contributed by atoms with E-state index in [0.29, 0.717) is 10.0 Å². The van der Waals surface area contributed by atoms with Gasteiger partial charge in [-0.1, -0.05) is 51.1 Å². The van der Waals surface area contributed by atoms with Crippen LogP contribution < -0.4 is 5.32 Å². The van der Waals surface area contributed by atoms with Gasteiger partial charge in [-0.2, -0.15) is 0 Å². The molecule has 5 nitrogen and oxygen atoms in total. The Morgan fingerprint density at radius 2 is 2.00 bits per heavy atom. The van der Waals surface area contributed by atoms with E-state index in [-0.39, 0.29) is 11.3 Å². The second-order valence-corrected chi connectivity index (χ2v) is 10.2. The van der Waals surface area contributed by atoms with Gasteiger partial charge in [0.1, 0.15) is 4.88 Å². The zero-order valence-corrected chi connectivity index (χ0v) is 18.0. The van der Waals surface area contributed by atoms with Gasteiger partial charge in [-0.25, -0.2) is 9.97 Å². The van der Waals surface area contributed by atoms with Crippen LogP contribution >= 0.6 is 22.7 Å². The summed E-state index contributed by atoms with van der Waals surface area (Å²) in [6.45, 7) is 9.11. The Morgan fingerprint density at radius 1 is 1.21 bits per heavy atom. The van der Waals surface area contributed by atoms with Crippen LogP contribution in [-0.2, 0) is 24.9 Å². The number of benzene rings is 1. The molecule has 7 heteroatoms. The maximum atomic E-state index is 12.6. The topological polar surface area (TPSA) is 58.1 Å². The molecular weight excluding hydrogens is 388 g/mol. The van der Waals surface area contributed by atoms with Crippen LogP contribution in [0, 0.1) is 0 Å². The first-order valence-electron chi connectivity index (χ1n) is 9.41. The summed E-state index contributed by atoms with van der Waals surface area (Å²) in [7, 11) is 0. The number of hydrogen-bond acceptors (Lipinski definition) is 6. The van der Waals surface area contributed by atoms with E-state index in [2.05, 4.69) is 65.2 Å². The summed E-state index contributed by atoms with van der Waals surface area (Å²) < 4.78 is 0. The lowest BCUT2D eigenvalue weighted by Gasteiger charge is -2.25. The minimum atomic E-state index is -0.125. The molecule has 1 N–H and O–H groups in total. The van der Waals surface area contributed by atoms with E-state index in [1.54, 1.807) is 17.5 Å². The van der Waals surface area contributed by atoms with E-state index in [1.807, 2.05) is 6.07 Å². The number of nitrogens with zero attached hydrogens (tertiary/aromatic N) is 3. The molecule has 3 aromatic rings. The second-order valence-electron chi connectivity index (χ2n) is 8.07. The van der Waals surface area contributed by atoms with Crippen molar-refractivity contribution in [3.8, 4) is 0 Å². The first-order chi connectivity index (χ1) is 13.4. The molecule has 0 radical (unpaired) electrons. The van der Waals surface area contributed by atoms with Crippen LogP contribution in [0.3, 0.4) is 0 Å². The van der Waals surface area contributed by atoms with Gasteiger partial charge in [0.05, 0.1) is 16.9 Å². The molecule has 0 bridgehead atoms. The Labute approximate surface area is 173 Å². The average molecular weight is 413 g/mol. The molecule has 0 unspecified atom stereocenters. The number of carbonyl (C=O) groups excluding carboxylic acids is 1. The predicted molar refractivity (Wildman–Crippen MR) is 115 cm³/mol. The van der Waals surface area contributed by atoms with Gasteiger partial charge in [-0.3, -0.25) is 15.0 Å². The van der Waals surface area contributed by atoms with Gasteiger partial charge in [0.25, 0.3) is 5.91 Å². The quantitative estimate of drug-likeness (QED) is 0.674. The number of amides is 1. The molecule has 0 spiro atoms. The van der Waals surface area contributed by atoms with E-state index >= 15 is 0 Å². The van der Waals surface area contributed by atoms with Crippen molar-refractivity contribution in [1.82, 2.24) is 14.9 Å². The summed E-state index contributed by atoms with van der Waals surface area (Å²) in [6, 6.07) is 10.5. The number of thiazole rings is 2. The normalized spacial score (nSPS) is 14.7. The summed E-state index contributed by atoms with van der Waals surface area (Å²) in [6.07, 6.45) is 2.58. The van der Waals surface area contributed by atoms with Crippen molar-refractivity contribution in [2.24, 2.45) is 0 Å². The molecule has 0 fully saturated rings. The zero-order chi connectivity index (χ0) is 19.7.